The van der Waals surface area contributed by atoms with Crippen molar-refractivity contribution in [2.24, 2.45) is 5.73 Å². The molecule has 0 bridgehead atoms. The van der Waals surface area contributed by atoms with E-state index in [2.05, 4.69) is 28.9 Å². The van der Waals surface area contributed by atoms with E-state index in [0.717, 1.165) is 13.0 Å². The Balaban J connectivity index is 2.06. The molecule has 96 valence electrons. The zero-order valence-corrected chi connectivity index (χ0v) is 10.9. The molecule has 1 aliphatic rings. The average molecular weight is 235 g/mol. The van der Waals surface area contributed by atoms with Gasteiger partial charge >= 0.3 is 0 Å². The molecule has 2 heterocycles. The molecule has 0 aliphatic carbocycles. The fourth-order valence-corrected chi connectivity index (χ4v) is 2.81. The molecule has 0 saturated carbocycles. The lowest BCUT2D eigenvalue weighted by Gasteiger charge is -2.40. The monoisotopic (exact) mass is 235 g/mol. The maximum Gasteiger partial charge on any atom is 0.0358 e. The van der Waals surface area contributed by atoms with Crippen LogP contribution in [0.2, 0.25) is 0 Å². The molecule has 1 saturated heterocycles. The lowest BCUT2D eigenvalue weighted by Crippen LogP contribution is -2.53. The predicted molar refractivity (Wildman–Crippen MR) is 72.0 cm³/mol. The second-order valence-electron chi connectivity index (χ2n) is 5.47. The molecule has 0 aromatic carbocycles. The summed E-state index contributed by atoms with van der Waals surface area (Å²) in [5, 5.41) is 0. The zero-order valence-electron chi connectivity index (χ0n) is 10.9. The first-order chi connectivity index (χ1) is 8.24. The minimum atomic E-state index is 0.106. The summed E-state index contributed by atoms with van der Waals surface area (Å²) in [5.41, 5.74) is 7.45. The van der Waals surface area contributed by atoms with E-state index in [4.69, 9.17) is 5.73 Å². The fourth-order valence-electron chi connectivity index (χ4n) is 2.81. The largest absolute Gasteiger partial charge is 0.365 e. The zero-order chi connectivity index (χ0) is 12.1. The molecule has 0 amide bonds. The van der Waals surface area contributed by atoms with Crippen LogP contribution >= 0.6 is 0 Å². The van der Waals surface area contributed by atoms with Crippen LogP contribution in [0.5, 0.6) is 0 Å². The summed E-state index contributed by atoms with van der Waals surface area (Å²) in [6.45, 7) is 5.44. The van der Waals surface area contributed by atoms with Crippen molar-refractivity contribution < 1.29 is 0 Å². The van der Waals surface area contributed by atoms with Crippen molar-refractivity contribution >= 4 is 0 Å². The Morgan fingerprint density at radius 2 is 2.00 bits per heavy atom. The van der Waals surface area contributed by atoms with Crippen LogP contribution in [0.4, 0.5) is 0 Å². The lowest BCUT2D eigenvalue weighted by molar-refractivity contribution is 0.114. The summed E-state index contributed by atoms with van der Waals surface area (Å²) in [6, 6.07) is 4.22. The number of rotatable bonds is 4. The van der Waals surface area contributed by atoms with Gasteiger partial charge in [-0.25, -0.2) is 0 Å². The van der Waals surface area contributed by atoms with Crippen molar-refractivity contribution in [2.45, 2.75) is 44.6 Å². The third-order valence-corrected chi connectivity index (χ3v) is 4.04. The second-order valence-corrected chi connectivity index (χ2v) is 5.47. The maximum absolute atomic E-state index is 6.05. The van der Waals surface area contributed by atoms with E-state index in [1.54, 1.807) is 0 Å². The molecule has 3 heteroatoms. The third-order valence-electron chi connectivity index (χ3n) is 4.04. The molecule has 0 radical (unpaired) electrons. The van der Waals surface area contributed by atoms with Crippen molar-refractivity contribution in [3.8, 4) is 0 Å². The molecule has 17 heavy (non-hydrogen) atoms. The molecule has 3 nitrogen and oxygen atoms in total. The Labute approximate surface area is 104 Å². The van der Waals surface area contributed by atoms with Crippen LogP contribution in [0.3, 0.4) is 0 Å². The number of aromatic amines is 1. The summed E-state index contributed by atoms with van der Waals surface area (Å²) in [4.78, 5) is 5.90. The number of hydrogen-bond acceptors (Lipinski definition) is 2. The van der Waals surface area contributed by atoms with Crippen molar-refractivity contribution in [3.63, 3.8) is 0 Å². The molecular weight excluding hydrogens is 210 g/mol. The molecule has 1 fully saturated rings. The fraction of sp³-hybridized carbons (Fsp3) is 0.714. The standard InChI is InChI=1S/C14H25N3/c1-14(12-15,11-13-7-6-8-16-13)17-9-4-2-3-5-10-17/h6-8,16H,2-5,9-12,15H2,1H3. The highest BCUT2D eigenvalue weighted by atomic mass is 15.2. The van der Waals surface area contributed by atoms with Gasteiger partial charge in [-0.2, -0.15) is 0 Å². The van der Waals surface area contributed by atoms with Gasteiger partial charge in [0.1, 0.15) is 0 Å². The van der Waals surface area contributed by atoms with Gasteiger partial charge in [0, 0.05) is 30.4 Å². The number of likely N-dealkylation sites (tertiary alicyclic amines) is 1. The van der Waals surface area contributed by atoms with E-state index >= 15 is 0 Å². The Morgan fingerprint density at radius 1 is 1.29 bits per heavy atom. The Kier molecular flexibility index (Phi) is 4.24. The van der Waals surface area contributed by atoms with E-state index < -0.39 is 0 Å². The minimum Gasteiger partial charge on any atom is -0.365 e. The maximum atomic E-state index is 6.05. The predicted octanol–water partition coefficient (Wildman–Crippen LogP) is 2.15. The first-order valence-electron chi connectivity index (χ1n) is 6.82. The second kappa shape index (κ2) is 5.69. The number of H-pyrrole nitrogens is 1. The van der Waals surface area contributed by atoms with Gasteiger partial charge in [-0.3, -0.25) is 4.90 Å². The molecule has 1 unspecified atom stereocenters. The summed E-state index contributed by atoms with van der Waals surface area (Å²) < 4.78 is 0. The molecule has 1 aromatic rings. The van der Waals surface area contributed by atoms with Gasteiger partial charge in [-0.05, 0) is 45.0 Å². The summed E-state index contributed by atoms with van der Waals surface area (Å²) in [6.07, 6.45) is 8.41. The van der Waals surface area contributed by atoms with Gasteiger partial charge in [0.2, 0.25) is 0 Å². The Hall–Kier alpha value is -0.800. The van der Waals surface area contributed by atoms with Crippen LogP contribution in [-0.2, 0) is 6.42 Å². The molecule has 1 atom stereocenters. The number of nitrogens with two attached hydrogens (primary N) is 1. The Bertz CT molecular complexity index is 312. The SMILES string of the molecule is CC(CN)(Cc1ccc[nH]1)N1CCCCCC1. The normalized spacial score (nSPS) is 22.0. The highest BCUT2D eigenvalue weighted by Crippen LogP contribution is 2.23. The van der Waals surface area contributed by atoms with Gasteiger partial charge in [0.15, 0.2) is 0 Å². The van der Waals surface area contributed by atoms with Gasteiger partial charge in [0.25, 0.3) is 0 Å². The smallest absolute Gasteiger partial charge is 0.0358 e. The highest BCUT2D eigenvalue weighted by Gasteiger charge is 2.31. The van der Waals surface area contributed by atoms with Crippen LogP contribution in [0.1, 0.15) is 38.3 Å². The van der Waals surface area contributed by atoms with E-state index in [0.29, 0.717) is 0 Å². The molecule has 2 rings (SSSR count). The van der Waals surface area contributed by atoms with E-state index in [1.807, 2.05) is 6.20 Å². The lowest BCUT2D eigenvalue weighted by atomic mass is 9.93. The number of aromatic nitrogens is 1. The van der Waals surface area contributed by atoms with Gasteiger partial charge in [-0.1, -0.05) is 12.8 Å². The van der Waals surface area contributed by atoms with Gasteiger partial charge in [0.05, 0.1) is 0 Å². The van der Waals surface area contributed by atoms with Gasteiger partial charge < -0.3 is 10.7 Å². The van der Waals surface area contributed by atoms with Crippen LogP contribution < -0.4 is 5.73 Å². The van der Waals surface area contributed by atoms with Crippen LogP contribution in [-0.4, -0.2) is 35.1 Å². The van der Waals surface area contributed by atoms with E-state index in [1.165, 1.54) is 44.5 Å². The molecule has 3 N–H and O–H groups in total. The van der Waals surface area contributed by atoms with Crippen molar-refractivity contribution in [3.05, 3.63) is 24.0 Å². The Morgan fingerprint density at radius 3 is 2.53 bits per heavy atom. The highest BCUT2D eigenvalue weighted by molar-refractivity contribution is 5.09. The van der Waals surface area contributed by atoms with Gasteiger partial charge in [-0.15, -0.1) is 0 Å². The van der Waals surface area contributed by atoms with E-state index in [-0.39, 0.29) is 5.54 Å². The molecule has 1 aliphatic heterocycles. The van der Waals surface area contributed by atoms with Crippen molar-refractivity contribution in [1.82, 2.24) is 9.88 Å². The summed E-state index contributed by atoms with van der Waals surface area (Å²) >= 11 is 0. The quantitative estimate of drug-likeness (QED) is 0.840. The topological polar surface area (TPSA) is 45.1 Å². The average Bonchev–Trinajstić information content (AvgIpc) is 2.68. The van der Waals surface area contributed by atoms with Crippen molar-refractivity contribution in [1.29, 1.82) is 0 Å². The summed E-state index contributed by atoms with van der Waals surface area (Å²) in [5.74, 6) is 0. The van der Waals surface area contributed by atoms with Crippen LogP contribution in [0.25, 0.3) is 0 Å². The number of nitrogens with one attached hydrogen (secondary N) is 1. The molecule has 1 aromatic heterocycles. The number of nitrogens with zero attached hydrogens (tertiary/aromatic N) is 1. The van der Waals surface area contributed by atoms with Crippen LogP contribution in [0.15, 0.2) is 18.3 Å². The number of hydrogen-bond donors (Lipinski definition) is 2. The van der Waals surface area contributed by atoms with E-state index in [9.17, 15) is 0 Å². The van der Waals surface area contributed by atoms with Crippen LogP contribution in [0, 0.1) is 0 Å². The first-order valence-corrected chi connectivity index (χ1v) is 6.82. The molecule has 0 spiro atoms. The van der Waals surface area contributed by atoms with Crippen molar-refractivity contribution in [2.75, 3.05) is 19.6 Å². The summed E-state index contributed by atoms with van der Waals surface area (Å²) in [7, 11) is 0. The minimum absolute atomic E-state index is 0.106. The third kappa shape index (κ3) is 3.11. The molecular formula is C14H25N3. The first kappa shape index (κ1) is 12.7.